The first-order valence-corrected chi connectivity index (χ1v) is 6.59. The average molecular weight is 250 g/mol. The molecule has 0 N–H and O–H groups in total. The van der Waals surface area contributed by atoms with E-state index in [1.165, 1.54) is 11.1 Å². The quantitative estimate of drug-likeness (QED) is 0.649. The van der Waals surface area contributed by atoms with E-state index in [4.69, 9.17) is 9.15 Å². The van der Waals surface area contributed by atoms with Gasteiger partial charge in [0.2, 0.25) is 0 Å². The van der Waals surface area contributed by atoms with Crippen LogP contribution in [-0.4, -0.2) is 6.61 Å². The number of rotatable bonds is 1. The van der Waals surface area contributed by atoms with Crippen molar-refractivity contribution in [3.05, 3.63) is 71.7 Å². The van der Waals surface area contributed by atoms with Gasteiger partial charge in [-0.15, -0.1) is 0 Å². The van der Waals surface area contributed by atoms with E-state index < -0.39 is 0 Å². The third kappa shape index (κ3) is 1.68. The van der Waals surface area contributed by atoms with E-state index in [1.807, 2.05) is 18.4 Å². The van der Waals surface area contributed by atoms with Gasteiger partial charge in [-0.25, -0.2) is 0 Å². The summed E-state index contributed by atoms with van der Waals surface area (Å²) in [6.07, 6.45) is 2.71. The van der Waals surface area contributed by atoms with Gasteiger partial charge in [0.25, 0.3) is 0 Å². The summed E-state index contributed by atoms with van der Waals surface area (Å²) in [6, 6.07) is 16.7. The SMILES string of the molecule is c1ccc2c(c1)CCOC2c1occ2ccccc12. The summed E-state index contributed by atoms with van der Waals surface area (Å²) in [5.41, 5.74) is 2.59. The maximum absolute atomic E-state index is 5.96. The standard InChI is InChI=1S/C17H14O2/c1-3-7-14-12(5-1)9-10-18-16(14)17-15-8-4-2-6-13(15)11-19-17/h1-8,11,16H,9-10H2. The molecule has 0 amide bonds. The highest BCUT2D eigenvalue weighted by atomic mass is 16.5. The Labute approximate surface area is 111 Å². The molecule has 1 aliphatic heterocycles. The predicted octanol–water partition coefficient (Wildman–Crippen LogP) is 4.09. The van der Waals surface area contributed by atoms with E-state index in [2.05, 4.69) is 36.4 Å². The minimum atomic E-state index is -0.0788. The van der Waals surface area contributed by atoms with E-state index in [0.717, 1.165) is 29.6 Å². The molecule has 1 unspecified atom stereocenters. The van der Waals surface area contributed by atoms with Crippen molar-refractivity contribution in [2.45, 2.75) is 12.5 Å². The van der Waals surface area contributed by atoms with Crippen LogP contribution in [0.4, 0.5) is 0 Å². The highest BCUT2D eigenvalue weighted by molar-refractivity contribution is 5.84. The first kappa shape index (κ1) is 10.8. The van der Waals surface area contributed by atoms with Crippen molar-refractivity contribution >= 4 is 10.8 Å². The lowest BCUT2D eigenvalue weighted by atomic mass is 9.95. The van der Waals surface area contributed by atoms with Crippen molar-refractivity contribution in [3.63, 3.8) is 0 Å². The van der Waals surface area contributed by atoms with Crippen LogP contribution in [0.2, 0.25) is 0 Å². The lowest BCUT2D eigenvalue weighted by molar-refractivity contribution is 0.0564. The Balaban J connectivity index is 1.90. The second kappa shape index (κ2) is 4.25. The molecule has 1 atom stereocenters. The molecule has 0 aliphatic carbocycles. The van der Waals surface area contributed by atoms with Crippen LogP contribution in [0.25, 0.3) is 10.8 Å². The van der Waals surface area contributed by atoms with Crippen molar-refractivity contribution in [1.29, 1.82) is 0 Å². The van der Waals surface area contributed by atoms with Crippen molar-refractivity contribution in [3.8, 4) is 0 Å². The summed E-state index contributed by atoms with van der Waals surface area (Å²) in [6.45, 7) is 0.747. The topological polar surface area (TPSA) is 22.4 Å². The van der Waals surface area contributed by atoms with Gasteiger partial charge in [-0.2, -0.15) is 0 Å². The van der Waals surface area contributed by atoms with E-state index in [0.29, 0.717) is 0 Å². The Morgan fingerprint density at radius 2 is 1.79 bits per heavy atom. The number of benzene rings is 2. The first-order valence-electron chi connectivity index (χ1n) is 6.59. The minimum Gasteiger partial charge on any atom is -0.465 e. The van der Waals surface area contributed by atoms with Gasteiger partial charge in [-0.3, -0.25) is 0 Å². The first-order chi connectivity index (χ1) is 9.43. The van der Waals surface area contributed by atoms with Gasteiger partial charge in [0.05, 0.1) is 12.9 Å². The molecule has 2 heteroatoms. The minimum absolute atomic E-state index is 0.0788. The Hall–Kier alpha value is -2.06. The fraction of sp³-hybridized carbons (Fsp3) is 0.176. The number of hydrogen-bond acceptors (Lipinski definition) is 2. The fourth-order valence-electron chi connectivity index (χ4n) is 2.83. The molecular weight excluding hydrogens is 236 g/mol. The molecule has 1 aliphatic rings. The smallest absolute Gasteiger partial charge is 0.144 e. The molecule has 2 aromatic carbocycles. The van der Waals surface area contributed by atoms with Gasteiger partial charge >= 0.3 is 0 Å². The zero-order valence-electron chi connectivity index (χ0n) is 10.5. The molecule has 0 bridgehead atoms. The van der Waals surface area contributed by atoms with Crippen LogP contribution in [-0.2, 0) is 11.2 Å². The highest BCUT2D eigenvalue weighted by Gasteiger charge is 2.26. The van der Waals surface area contributed by atoms with E-state index >= 15 is 0 Å². The molecule has 0 spiro atoms. The summed E-state index contributed by atoms with van der Waals surface area (Å²) in [4.78, 5) is 0. The molecule has 2 heterocycles. The third-order valence-corrected chi connectivity index (χ3v) is 3.77. The summed E-state index contributed by atoms with van der Waals surface area (Å²) in [5.74, 6) is 0.919. The number of ether oxygens (including phenoxy) is 1. The molecule has 94 valence electrons. The molecule has 0 saturated carbocycles. The van der Waals surface area contributed by atoms with Crippen LogP contribution in [0.3, 0.4) is 0 Å². The Kier molecular flexibility index (Phi) is 2.42. The number of fused-ring (bicyclic) bond motifs is 2. The van der Waals surface area contributed by atoms with Crippen molar-refractivity contribution in [2.24, 2.45) is 0 Å². The zero-order valence-corrected chi connectivity index (χ0v) is 10.5. The molecule has 0 fully saturated rings. The zero-order chi connectivity index (χ0) is 12.7. The van der Waals surface area contributed by atoms with Crippen LogP contribution in [0, 0.1) is 0 Å². The highest BCUT2D eigenvalue weighted by Crippen LogP contribution is 2.36. The number of hydrogen-bond donors (Lipinski definition) is 0. The van der Waals surface area contributed by atoms with Gasteiger partial charge in [0.1, 0.15) is 11.9 Å². The lowest BCUT2D eigenvalue weighted by Crippen LogP contribution is -2.16. The van der Waals surface area contributed by atoms with E-state index in [9.17, 15) is 0 Å². The third-order valence-electron chi connectivity index (χ3n) is 3.77. The maximum atomic E-state index is 5.96. The summed E-state index contributed by atoms with van der Waals surface area (Å²) < 4.78 is 11.7. The average Bonchev–Trinajstić information content (AvgIpc) is 2.90. The fourth-order valence-corrected chi connectivity index (χ4v) is 2.83. The second-order valence-electron chi connectivity index (χ2n) is 4.89. The van der Waals surface area contributed by atoms with E-state index in [-0.39, 0.29) is 6.10 Å². The van der Waals surface area contributed by atoms with Crippen molar-refractivity contribution in [1.82, 2.24) is 0 Å². The Morgan fingerprint density at radius 3 is 2.79 bits per heavy atom. The van der Waals surface area contributed by atoms with Crippen LogP contribution in [0.15, 0.2) is 59.2 Å². The van der Waals surface area contributed by atoms with Gasteiger partial charge in [0.15, 0.2) is 0 Å². The van der Waals surface area contributed by atoms with Crippen LogP contribution < -0.4 is 0 Å². The van der Waals surface area contributed by atoms with E-state index in [1.54, 1.807) is 0 Å². The normalized spacial score (nSPS) is 18.4. The molecule has 19 heavy (non-hydrogen) atoms. The molecule has 3 aromatic rings. The summed E-state index contributed by atoms with van der Waals surface area (Å²) in [5, 5.41) is 2.27. The van der Waals surface area contributed by atoms with Gasteiger partial charge < -0.3 is 9.15 Å². The summed E-state index contributed by atoms with van der Waals surface area (Å²) >= 11 is 0. The molecule has 4 rings (SSSR count). The Bertz CT molecular complexity index is 727. The van der Waals surface area contributed by atoms with Crippen molar-refractivity contribution in [2.75, 3.05) is 6.61 Å². The molecular formula is C17H14O2. The molecule has 0 radical (unpaired) electrons. The molecule has 0 saturated heterocycles. The Morgan fingerprint density at radius 1 is 0.947 bits per heavy atom. The van der Waals surface area contributed by atoms with Gasteiger partial charge in [-0.05, 0) is 17.5 Å². The van der Waals surface area contributed by atoms with Crippen molar-refractivity contribution < 1.29 is 9.15 Å². The monoisotopic (exact) mass is 250 g/mol. The van der Waals surface area contributed by atoms with Crippen LogP contribution in [0.1, 0.15) is 23.0 Å². The van der Waals surface area contributed by atoms with Gasteiger partial charge in [-0.1, -0.05) is 48.5 Å². The largest absolute Gasteiger partial charge is 0.465 e. The second-order valence-corrected chi connectivity index (χ2v) is 4.89. The predicted molar refractivity (Wildman–Crippen MR) is 74.2 cm³/mol. The molecule has 1 aromatic heterocycles. The number of furan rings is 1. The molecule has 2 nitrogen and oxygen atoms in total. The summed E-state index contributed by atoms with van der Waals surface area (Å²) in [7, 11) is 0. The maximum Gasteiger partial charge on any atom is 0.144 e. The lowest BCUT2D eigenvalue weighted by Gasteiger charge is -2.24. The van der Waals surface area contributed by atoms with Crippen LogP contribution >= 0.6 is 0 Å². The van der Waals surface area contributed by atoms with Gasteiger partial charge in [0, 0.05) is 10.8 Å². The van der Waals surface area contributed by atoms with Crippen LogP contribution in [0.5, 0.6) is 0 Å².